The molecule has 0 atom stereocenters. The lowest BCUT2D eigenvalue weighted by atomic mass is 10.1. The van der Waals surface area contributed by atoms with Crippen LogP contribution in [0.5, 0.6) is 0 Å². The third-order valence-corrected chi connectivity index (χ3v) is 3.47. The summed E-state index contributed by atoms with van der Waals surface area (Å²) in [5.74, 6) is -0.319. The molecule has 3 aromatic heterocycles. The second-order valence-corrected chi connectivity index (χ2v) is 5.47. The van der Waals surface area contributed by atoms with Crippen LogP contribution in [0.2, 0.25) is 0 Å². The average molecular weight is 331 g/mol. The van der Waals surface area contributed by atoms with Gasteiger partial charge in [0.1, 0.15) is 5.71 Å². The van der Waals surface area contributed by atoms with Crippen LogP contribution in [0.1, 0.15) is 33.1 Å². The lowest BCUT2D eigenvalue weighted by molar-refractivity contribution is 0.0955. The topological polar surface area (TPSA) is 80.1 Å². The van der Waals surface area contributed by atoms with E-state index in [-0.39, 0.29) is 5.91 Å². The predicted molar refractivity (Wildman–Crippen MR) is 95.3 cm³/mol. The Bertz CT molecular complexity index is 874. The molecule has 0 bridgehead atoms. The van der Waals surface area contributed by atoms with E-state index in [1.807, 2.05) is 50.2 Å². The van der Waals surface area contributed by atoms with E-state index >= 15 is 0 Å². The summed E-state index contributed by atoms with van der Waals surface area (Å²) in [6.45, 7) is 3.81. The summed E-state index contributed by atoms with van der Waals surface area (Å²) in [6, 6.07) is 14.5. The number of hydrogen-bond acceptors (Lipinski definition) is 5. The number of hydrogen-bond donors (Lipinski definition) is 1. The fourth-order valence-corrected chi connectivity index (χ4v) is 2.27. The molecule has 1 N–H and O–H groups in total. The molecular formula is C19H17N5O. The third kappa shape index (κ3) is 4.11. The quantitative estimate of drug-likeness (QED) is 0.589. The van der Waals surface area contributed by atoms with Crippen LogP contribution in [0.15, 0.2) is 66.0 Å². The van der Waals surface area contributed by atoms with E-state index in [9.17, 15) is 4.79 Å². The van der Waals surface area contributed by atoms with Gasteiger partial charge in [-0.2, -0.15) is 5.10 Å². The van der Waals surface area contributed by atoms with Gasteiger partial charge in [0.05, 0.1) is 11.4 Å². The number of pyridine rings is 3. The fourth-order valence-electron chi connectivity index (χ4n) is 2.27. The molecule has 6 nitrogen and oxygen atoms in total. The van der Waals surface area contributed by atoms with Gasteiger partial charge < -0.3 is 0 Å². The molecule has 0 spiro atoms. The van der Waals surface area contributed by atoms with Gasteiger partial charge >= 0.3 is 0 Å². The van der Waals surface area contributed by atoms with E-state index in [1.165, 1.54) is 0 Å². The number of aromatic nitrogens is 3. The molecule has 0 radical (unpaired) electrons. The molecule has 0 aromatic carbocycles. The van der Waals surface area contributed by atoms with Crippen molar-refractivity contribution in [3.05, 3.63) is 89.3 Å². The maximum atomic E-state index is 12.3. The first-order chi connectivity index (χ1) is 12.1. The summed E-state index contributed by atoms with van der Waals surface area (Å²) in [5, 5.41) is 4.29. The molecule has 0 saturated carbocycles. The average Bonchev–Trinajstić information content (AvgIpc) is 2.63. The summed E-state index contributed by atoms with van der Waals surface area (Å²) in [4.78, 5) is 25.2. The van der Waals surface area contributed by atoms with Crippen LogP contribution >= 0.6 is 0 Å². The number of rotatable bonds is 4. The first kappa shape index (κ1) is 16.4. The van der Waals surface area contributed by atoms with Crippen molar-refractivity contribution in [1.29, 1.82) is 0 Å². The van der Waals surface area contributed by atoms with Crippen molar-refractivity contribution in [2.24, 2.45) is 5.10 Å². The van der Waals surface area contributed by atoms with Crippen LogP contribution in [0, 0.1) is 13.8 Å². The molecule has 3 aromatic rings. The zero-order valence-electron chi connectivity index (χ0n) is 14.0. The number of nitrogens with zero attached hydrogens (tertiary/aromatic N) is 4. The normalized spacial score (nSPS) is 10.2. The standard InChI is InChI=1S/C19H17N5O/c1-13-5-3-7-16(21-13)18(17-8-4-6-14(2)22-17)23-24-19(25)15-9-11-20-12-10-15/h3-12H,1-2H3,(H,24,25). The van der Waals surface area contributed by atoms with E-state index in [0.29, 0.717) is 22.7 Å². The summed E-state index contributed by atoms with van der Waals surface area (Å²) in [6.07, 6.45) is 3.12. The Morgan fingerprint density at radius 1 is 0.880 bits per heavy atom. The second-order valence-electron chi connectivity index (χ2n) is 5.47. The molecule has 0 aliphatic carbocycles. The predicted octanol–water partition coefficient (Wildman–Crippen LogP) is 2.67. The molecule has 0 unspecified atom stereocenters. The lowest BCUT2D eigenvalue weighted by Crippen LogP contribution is -2.21. The van der Waals surface area contributed by atoms with Crippen molar-refractivity contribution in [3.63, 3.8) is 0 Å². The highest BCUT2D eigenvalue weighted by Gasteiger charge is 2.12. The van der Waals surface area contributed by atoms with Gasteiger partial charge in [-0.15, -0.1) is 0 Å². The van der Waals surface area contributed by atoms with Crippen molar-refractivity contribution >= 4 is 11.6 Å². The Balaban J connectivity index is 1.98. The number of carbonyl (C=O) groups is 1. The molecule has 3 heterocycles. The molecule has 25 heavy (non-hydrogen) atoms. The summed E-state index contributed by atoms with van der Waals surface area (Å²) >= 11 is 0. The smallest absolute Gasteiger partial charge is 0.267 e. The van der Waals surface area contributed by atoms with Crippen LogP contribution in [0.3, 0.4) is 0 Å². The van der Waals surface area contributed by atoms with Gasteiger partial charge in [-0.05, 0) is 50.2 Å². The Morgan fingerprint density at radius 3 is 1.96 bits per heavy atom. The molecule has 6 heteroatoms. The number of amides is 1. The Hall–Kier alpha value is -3.41. The highest BCUT2D eigenvalue weighted by molar-refractivity contribution is 6.11. The minimum absolute atomic E-state index is 0.319. The summed E-state index contributed by atoms with van der Waals surface area (Å²) in [7, 11) is 0. The van der Waals surface area contributed by atoms with Crippen LogP contribution in [0.4, 0.5) is 0 Å². The van der Waals surface area contributed by atoms with E-state index in [0.717, 1.165) is 11.4 Å². The Kier molecular flexibility index (Phi) is 4.89. The third-order valence-electron chi connectivity index (χ3n) is 3.47. The molecule has 0 aliphatic rings. The second kappa shape index (κ2) is 7.44. The van der Waals surface area contributed by atoms with Gasteiger partial charge in [-0.3, -0.25) is 19.7 Å². The van der Waals surface area contributed by atoms with Crippen molar-refractivity contribution in [2.45, 2.75) is 13.8 Å². The maximum absolute atomic E-state index is 12.3. The minimum Gasteiger partial charge on any atom is -0.267 e. The van der Waals surface area contributed by atoms with Crippen LogP contribution in [-0.2, 0) is 0 Å². The fraction of sp³-hybridized carbons (Fsp3) is 0.105. The maximum Gasteiger partial charge on any atom is 0.271 e. The summed E-state index contributed by atoms with van der Waals surface area (Å²) in [5.41, 5.74) is 6.58. The van der Waals surface area contributed by atoms with Crippen LogP contribution in [-0.4, -0.2) is 26.6 Å². The Labute approximate surface area is 145 Å². The Morgan fingerprint density at radius 2 is 1.44 bits per heavy atom. The molecule has 1 amide bonds. The molecule has 124 valence electrons. The first-order valence-corrected chi connectivity index (χ1v) is 7.79. The minimum atomic E-state index is -0.319. The molecular weight excluding hydrogens is 314 g/mol. The van der Waals surface area contributed by atoms with Crippen molar-refractivity contribution < 1.29 is 4.79 Å². The van der Waals surface area contributed by atoms with E-state index < -0.39 is 0 Å². The molecule has 0 fully saturated rings. The SMILES string of the molecule is Cc1cccc(C(=NNC(=O)c2ccncc2)c2cccc(C)n2)n1. The molecule has 3 rings (SSSR count). The zero-order chi connectivity index (χ0) is 17.6. The van der Waals surface area contributed by atoms with Crippen LogP contribution in [0.25, 0.3) is 0 Å². The highest BCUT2D eigenvalue weighted by atomic mass is 16.2. The largest absolute Gasteiger partial charge is 0.271 e. The highest BCUT2D eigenvalue weighted by Crippen LogP contribution is 2.09. The van der Waals surface area contributed by atoms with Crippen LogP contribution < -0.4 is 5.43 Å². The summed E-state index contributed by atoms with van der Waals surface area (Å²) < 4.78 is 0. The number of nitrogens with one attached hydrogen (secondary N) is 1. The van der Waals surface area contributed by atoms with Gasteiger partial charge in [-0.1, -0.05) is 12.1 Å². The number of hydrazone groups is 1. The van der Waals surface area contributed by atoms with Gasteiger partial charge in [0.2, 0.25) is 0 Å². The van der Waals surface area contributed by atoms with E-state index in [4.69, 9.17) is 0 Å². The number of aryl methyl sites for hydroxylation is 2. The van der Waals surface area contributed by atoms with Gasteiger partial charge in [0.15, 0.2) is 0 Å². The number of carbonyl (C=O) groups excluding carboxylic acids is 1. The van der Waals surface area contributed by atoms with Crippen molar-refractivity contribution in [2.75, 3.05) is 0 Å². The monoisotopic (exact) mass is 331 g/mol. The van der Waals surface area contributed by atoms with Crippen molar-refractivity contribution in [3.8, 4) is 0 Å². The lowest BCUT2D eigenvalue weighted by Gasteiger charge is -2.08. The molecule has 0 saturated heterocycles. The van der Waals surface area contributed by atoms with Gasteiger partial charge in [0, 0.05) is 29.3 Å². The van der Waals surface area contributed by atoms with Gasteiger partial charge in [0.25, 0.3) is 5.91 Å². The van der Waals surface area contributed by atoms with Crippen molar-refractivity contribution in [1.82, 2.24) is 20.4 Å². The van der Waals surface area contributed by atoms with E-state index in [1.54, 1.807) is 24.5 Å². The van der Waals surface area contributed by atoms with E-state index in [2.05, 4.69) is 25.5 Å². The zero-order valence-corrected chi connectivity index (χ0v) is 14.0. The molecule has 0 aliphatic heterocycles. The first-order valence-electron chi connectivity index (χ1n) is 7.79. The van der Waals surface area contributed by atoms with Gasteiger partial charge in [-0.25, -0.2) is 5.43 Å².